The highest BCUT2D eigenvalue weighted by molar-refractivity contribution is 5.83. The van der Waals surface area contributed by atoms with Crippen LogP contribution in [0.1, 0.15) is 13.3 Å². The van der Waals surface area contributed by atoms with Crippen molar-refractivity contribution in [2.75, 3.05) is 19.7 Å². The molecule has 0 unspecified atom stereocenters. The zero-order chi connectivity index (χ0) is 11.3. The van der Waals surface area contributed by atoms with E-state index < -0.39 is 23.0 Å². The molecule has 0 bridgehead atoms. The van der Waals surface area contributed by atoms with Gasteiger partial charge < -0.3 is 10.1 Å². The van der Waals surface area contributed by atoms with Gasteiger partial charge in [-0.05, 0) is 13.3 Å². The molecule has 1 saturated carbocycles. The Morgan fingerprint density at radius 1 is 1.47 bits per heavy atom. The summed E-state index contributed by atoms with van der Waals surface area (Å²) in [7, 11) is 0. The number of hydrogen-bond acceptors (Lipinski definition) is 3. The average Bonchev–Trinajstić information content (AvgIpc) is 2.66. The van der Waals surface area contributed by atoms with Crippen LogP contribution in [0.3, 0.4) is 0 Å². The molecule has 1 aliphatic heterocycles. The molecule has 6 heteroatoms. The van der Waals surface area contributed by atoms with Crippen molar-refractivity contribution >= 4 is 5.97 Å². The first-order valence-corrected chi connectivity index (χ1v) is 4.84. The Hall–Kier alpha value is -0.780. The molecule has 0 spiro atoms. The molecular weight excluding hydrogens is 211 g/mol. The lowest BCUT2D eigenvalue weighted by atomic mass is 9.96. The quantitative estimate of drug-likeness (QED) is 0.712. The van der Waals surface area contributed by atoms with Crippen LogP contribution in [0.25, 0.3) is 0 Å². The number of rotatable bonds is 2. The molecule has 2 fully saturated rings. The van der Waals surface area contributed by atoms with Gasteiger partial charge in [0.15, 0.2) is 0 Å². The van der Waals surface area contributed by atoms with Gasteiger partial charge in [0.05, 0.1) is 17.4 Å². The second-order valence-corrected chi connectivity index (χ2v) is 4.16. The molecule has 3 nitrogen and oxygen atoms in total. The first kappa shape index (κ1) is 10.7. The van der Waals surface area contributed by atoms with E-state index in [2.05, 4.69) is 5.32 Å². The van der Waals surface area contributed by atoms with Gasteiger partial charge in [-0.1, -0.05) is 0 Å². The highest BCUT2D eigenvalue weighted by Crippen LogP contribution is 2.73. The third-order valence-corrected chi connectivity index (χ3v) is 3.46. The maximum Gasteiger partial charge on any atom is 0.396 e. The predicted octanol–water partition coefficient (Wildman–Crippen LogP) is 1.09. The number of alkyl halides is 3. The van der Waals surface area contributed by atoms with Gasteiger partial charge in [-0.2, -0.15) is 13.2 Å². The van der Waals surface area contributed by atoms with E-state index in [1.807, 2.05) is 0 Å². The van der Waals surface area contributed by atoms with Gasteiger partial charge in [0.2, 0.25) is 0 Å². The number of ether oxygens (including phenoxy) is 1. The SMILES string of the molecule is CCOC(=O)[C@@]12CNC[C@]1(C(F)(F)F)C2. The number of carbonyl (C=O) groups excluding carboxylic acids is 1. The Balaban J connectivity index is 2.23. The fraction of sp³-hybridized carbons (Fsp3) is 0.889. The number of esters is 1. The molecule has 0 aromatic rings. The van der Waals surface area contributed by atoms with E-state index in [4.69, 9.17) is 4.74 Å². The van der Waals surface area contributed by atoms with Crippen molar-refractivity contribution in [2.24, 2.45) is 10.8 Å². The smallest absolute Gasteiger partial charge is 0.396 e. The van der Waals surface area contributed by atoms with Crippen molar-refractivity contribution in [3.8, 4) is 0 Å². The normalized spacial score (nSPS) is 38.7. The topological polar surface area (TPSA) is 38.3 Å². The molecule has 1 N–H and O–H groups in total. The van der Waals surface area contributed by atoms with Crippen LogP contribution >= 0.6 is 0 Å². The minimum Gasteiger partial charge on any atom is -0.466 e. The summed E-state index contributed by atoms with van der Waals surface area (Å²) in [4.78, 5) is 11.5. The molecule has 1 saturated heterocycles. The minimum atomic E-state index is -4.33. The molecule has 86 valence electrons. The fourth-order valence-corrected chi connectivity index (χ4v) is 2.50. The number of halogens is 3. The Labute approximate surface area is 85.0 Å². The van der Waals surface area contributed by atoms with Gasteiger partial charge >= 0.3 is 12.1 Å². The summed E-state index contributed by atoms with van der Waals surface area (Å²) < 4.78 is 43.1. The summed E-state index contributed by atoms with van der Waals surface area (Å²) in [6.07, 6.45) is -4.46. The Kier molecular flexibility index (Phi) is 2.05. The zero-order valence-corrected chi connectivity index (χ0v) is 8.28. The first-order chi connectivity index (χ1) is 6.90. The van der Waals surface area contributed by atoms with Crippen LogP contribution in [-0.2, 0) is 9.53 Å². The molecule has 0 amide bonds. The van der Waals surface area contributed by atoms with Gasteiger partial charge in [-0.3, -0.25) is 4.79 Å². The molecule has 1 heterocycles. The van der Waals surface area contributed by atoms with Crippen molar-refractivity contribution in [1.29, 1.82) is 0 Å². The van der Waals surface area contributed by atoms with Crippen LogP contribution < -0.4 is 5.32 Å². The second kappa shape index (κ2) is 2.87. The molecule has 0 aromatic heterocycles. The molecule has 2 aliphatic rings. The van der Waals surface area contributed by atoms with E-state index in [1.165, 1.54) is 0 Å². The minimum absolute atomic E-state index is 0.0747. The third kappa shape index (κ3) is 1.14. The number of carbonyl (C=O) groups is 1. The number of piperidine rings is 1. The fourth-order valence-electron chi connectivity index (χ4n) is 2.50. The summed E-state index contributed by atoms with van der Waals surface area (Å²) in [6.45, 7) is 1.61. The summed E-state index contributed by atoms with van der Waals surface area (Å²) in [6, 6.07) is 0. The lowest BCUT2D eigenvalue weighted by molar-refractivity contribution is -0.196. The summed E-state index contributed by atoms with van der Waals surface area (Å²) >= 11 is 0. The lowest BCUT2D eigenvalue weighted by Gasteiger charge is -2.19. The van der Waals surface area contributed by atoms with Crippen molar-refractivity contribution in [3.63, 3.8) is 0 Å². The van der Waals surface area contributed by atoms with E-state index in [9.17, 15) is 18.0 Å². The van der Waals surface area contributed by atoms with Crippen molar-refractivity contribution < 1.29 is 22.7 Å². The van der Waals surface area contributed by atoms with Crippen LogP contribution in [0.5, 0.6) is 0 Å². The maximum atomic E-state index is 12.8. The van der Waals surface area contributed by atoms with Gasteiger partial charge in [0.1, 0.15) is 0 Å². The van der Waals surface area contributed by atoms with Crippen molar-refractivity contribution in [2.45, 2.75) is 19.5 Å². The predicted molar refractivity (Wildman–Crippen MR) is 45.0 cm³/mol. The molecular formula is C9H12F3NO2. The van der Waals surface area contributed by atoms with Crippen LogP contribution in [0, 0.1) is 10.8 Å². The van der Waals surface area contributed by atoms with Crippen LogP contribution in [0.15, 0.2) is 0 Å². The van der Waals surface area contributed by atoms with E-state index >= 15 is 0 Å². The highest BCUT2D eigenvalue weighted by atomic mass is 19.4. The van der Waals surface area contributed by atoms with E-state index in [0.29, 0.717) is 0 Å². The monoisotopic (exact) mass is 223 g/mol. The average molecular weight is 223 g/mol. The molecule has 2 atom stereocenters. The third-order valence-electron chi connectivity index (χ3n) is 3.46. The van der Waals surface area contributed by atoms with Gasteiger partial charge in [-0.25, -0.2) is 0 Å². The van der Waals surface area contributed by atoms with E-state index in [-0.39, 0.29) is 26.1 Å². The highest BCUT2D eigenvalue weighted by Gasteiger charge is 2.85. The Morgan fingerprint density at radius 3 is 2.60 bits per heavy atom. The second-order valence-electron chi connectivity index (χ2n) is 4.16. The summed E-state index contributed by atoms with van der Waals surface area (Å²) in [5.74, 6) is -0.715. The Bertz CT molecular complexity index is 304. The molecule has 1 aliphatic carbocycles. The number of hydrogen-bond donors (Lipinski definition) is 1. The van der Waals surface area contributed by atoms with Crippen molar-refractivity contribution in [1.82, 2.24) is 5.32 Å². The standard InChI is InChI=1S/C9H12F3NO2/c1-2-15-6(14)7-3-8(7,5-13-4-7)9(10,11)12/h13H,2-5H2,1H3/t7-,8-/m1/s1. The number of fused-ring (bicyclic) bond motifs is 1. The first-order valence-electron chi connectivity index (χ1n) is 4.84. The van der Waals surface area contributed by atoms with E-state index in [1.54, 1.807) is 6.92 Å². The molecule has 0 aromatic carbocycles. The molecule has 0 radical (unpaired) electrons. The van der Waals surface area contributed by atoms with Crippen LogP contribution in [0.2, 0.25) is 0 Å². The van der Waals surface area contributed by atoms with Crippen molar-refractivity contribution in [3.05, 3.63) is 0 Å². The van der Waals surface area contributed by atoms with Gasteiger partial charge in [-0.15, -0.1) is 0 Å². The number of nitrogens with one attached hydrogen (secondary N) is 1. The summed E-state index contributed by atoms with van der Waals surface area (Å²) in [5, 5.41) is 2.63. The molecule has 2 rings (SSSR count). The van der Waals surface area contributed by atoms with E-state index in [0.717, 1.165) is 0 Å². The zero-order valence-electron chi connectivity index (χ0n) is 8.28. The largest absolute Gasteiger partial charge is 0.466 e. The lowest BCUT2D eigenvalue weighted by Crippen LogP contribution is -2.35. The maximum absolute atomic E-state index is 12.8. The Morgan fingerprint density at radius 2 is 2.13 bits per heavy atom. The summed E-state index contributed by atoms with van der Waals surface area (Å²) in [5.41, 5.74) is -3.21. The van der Waals surface area contributed by atoms with Crippen LogP contribution in [-0.4, -0.2) is 31.8 Å². The molecule has 15 heavy (non-hydrogen) atoms. The van der Waals surface area contributed by atoms with Gasteiger partial charge in [0.25, 0.3) is 0 Å². The van der Waals surface area contributed by atoms with Crippen LogP contribution in [0.4, 0.5) is 13.2 Å². The van der Waals surface area contributed by atoms with Gasteiger partial charge in [0, 0.05) is 13.1 Å².